The number of hydrogen-bond donors (Lipinski definition) is 1. The summed E-state index contributed by atoms with van der Waals surface area (Å²) in [4.78, 5) is 14.4. The predicted octanol–water partition coefficient (Wildman–Crippen LogP) is 1.65. The first kappa shape index (κ1) is 11.5. The summed E-state index contributed by atoms with van der Waals surface area (Å²) in [5.41, 5.74) is 3.47. The van der Waals surface area contributed by atoms with Gasteiger partial charge in [0.05, 0.1) is 12.6 Å². The zero-order valence-corrected chi connectivity index (χ0v) is 8.90. The van der Waals surface area contributed by atoms with Crippen LogP contribution in [0.1, 0.15) is 19.4 Å². The topological polar surface area (TPSA) is 47.6 Å². The van der Waals surface area contributed by atoms with Crippen LogP contribution < -0.4 is 10.2 Å². The molecule has 0 bridgehead atoms. The lowest BCUT2D eigenvalue weighted by atomic mass is 10.2. The molecular formula is C11H15NO3. The van der Waals surface area contributed by atoms with Gasteiger partial charge in [0.15, 0.2) is 0 Å². The van der Waals surface area contributed by atoms with Crippen molar-refractivity contribution < 1.29 is 14.4 Å². The molecule has 0 aliphatic carbocycles. The van der Waals surface area contributed by atoms with Gasteiger partial charge in [-0.2, -0.15) is 0 Å². The van der Waals surface area contributed by atoms with Gasteiger partial charge in [-0.1, -0.05) is 18.2 Å². The number of para-hydroxylation sites is 1. The smallest absolute Gasteiger partial charge is 0.312 e. The average Bonchev–Trinajstić information content (AvgIpc) is 2.20. The molecule has 4 nitrogen and oxygen atoms in total. The number of benzene rings is 1. The zero-order valence-electron chi connectivity index (χ0n) is 8.90. The molecule has 0 aliphatic heterocycles. The van der Waals surface area contributed by atoms with E-state index in [0.29, 0.717) is 13.0 Å². The summed E-state index contributed by atoms with van der Waals surface area (Å²) >= 11 is 0. The van der Waals surface area contributed by atoms with E-state index in [1.807, 2.05) is 38.1 Å². The first-order valence-corrected chi connectivity index (χ1v) is 4.80. The Kier molecular flexibility index (Phi) is 4.63. The molecule has 82 valence electrons. The minimum Gasteiger partial charge on any atom is -0.491 e. The highest BCUT2D eigenvalue weighted by atomic mass is 16.7. The number of carbonyl (C=O) groups is 1. The number of nitrogens with one attached hydrogen (secondary N) is 1. The van der Waals surface area contributed by atoms with Crippen LogP contribution in [0.5, 0.6) is 5.75 Å². The average molecular weight is 209 g/mol. The molecule has 0 spiro atoms. The first-order chi connectivity index (χ1) is 7.24. The van der Waals surface area contributed by atoms with Gasteiger partial charge in [-0.05, 0) is 19.9 Å². The van der Waals surface area contributed by atoms with E-state index in [1.165, 1.54) is 0 Å². The highest BCUT2D eigenvalue weighted by Gasteiger charge is 2.04. The normalized spacial score (nSPS) is 10.1. The highest BCUT2D eigenvalue weighted by Crippen LogP contribution is 2.18. The number of hydrogen-bond acceptors (Lipinski definition) is 4. The molecule has 0 saturated carbocycles. The van der Waals surface area contributed by atoms with Crippen LogP contribution in [0.15, 0.2) is 24.3 Å². The van der Waals surface area contributed by atoms with E-state index in [4.69, 9.17) is 4.74 Å². The lowest BCUT2D eigenvalue weighted by Crippen LogP contribution is -2.15. The van der Waals surface area contributed by atoms with Crippen LogP contribution in [-0.4, -0.2) is 12.6 Å². The molecule has 0 atom stereocenters. The summed E-state index contributed by atoms with van der Waals surface area (Å²) < 4.78 is 5.59. The number of hydroxylamine groups is 1. The van der Waals surface area contributed by atoms with Crippen molar-refractivity contribution in [1.29, 1.82) is 0 Å². The van der Waals surface area contributed by atoms with Crippen LogP contribution in [0.2, 0.25) is 0 Å². The lowest BCUT2D eigenvalue weighted by molar-refractivity contribution is -0.135. The van der Waals surface area contributed by atoms with Gasteiger partial charge in [-0.3, -0.25) is 4.79 Å². The third-order valence-electron chi connectivity index (χ3n) is 1.73. The third-order valence-corrected chi connectivity index (χ3v) is 1.73. The van der Waals surface area contributed by atoms with Crippen molar-refractivity contribution in [3.8, 4) is 5.75 Å². The summed E-state index contributed by atoms with van der Waals surface area (Å²) in [6.45, 7) is 4.71. The van der Waals surface area contributed by atoms with E-state index in [0.717, 1.165) is 11.3 Å². The Labute approximate surface area is 89.1 Å². The Balaban J connectivity index is 2.63. The van der Waals surface area contributed by atoms with Crippen LogP contribution >= 0.6 is 0 Å². The molecule has 0 fully saturated rings. The van der Waals surface area contributed by atoms with Crippen molar-refractivity contribution >= 4 is 6.47 Å². The van der Waals surface area contributed by atoms with Crippen molar-refractivity contribution in [3.63, 3.8) is 0 Å². The van der Waals surface area contributed by atoms with Crippen molar-refractivity contribution in [2.75, 3.05) is 0 Å². The van der Waals surface area contributed by atoms with E-state index in [2.05, 4.69) is 10.3 Å². The molecule has 0 radical (unpaired) electrons. The Bertz CT molecular complexity index is 312. The summed E-state index contributed by atoms with van der Waals surface area (Å²) in [5.74, 6) is 0.800. The molecule has 1 N–H and O–H groups in total. The van der Waals surface area contributed by atoms with Gasteiger partial charge in [0.2, 0.25) is 0 Å². The number of ether oxygens (including phenoxy) is 1. The van der Waals surface area contributed by atoms with E-state index < -0.39 is 0 Å². The maximum Gasteiger partial charge on any atom is 0.312 e. The largest absolute Gasteiger partial charge is 0.491 e. The fourth-order valence-corrected chi connectivity index (χ4v) is 1.17. The van der Waals surface area contributed by atoms with E-state index in [-0.39, 0.29) is 6.10 Å². The molecule has 1 aromatic carbocycles. The molecule has 0 aliphatic rings. The van der Waals surface area contributed by atoms with Crippen LogP contribution in [0.4, 0.5) is 0 Å². The molecule has 1 aromatic rings. The van der Waals surface area contributed by atoms with Crippen molar-refractivity contribution in [1.82, 2.24) is 5.48 Å². The second-order valence-corrected chi connectivity index (χ2v) is 3.31. The molecule has 0 saturated heterocycles. The Morgan fingerprint density at radius 1 is 1.40 bits per heavy atom. The minimum atomic E-state index is 0.123. The first-order valence-electron chi connectivity index (χ1n) is 4.80. The fraction of sp³-hybridized carbons (Fsp3) is 0.364. The highest BCUT2D eigenvalue weighted by molar-refractivity contribution is 5.37. The van der Waals surface area contributed by atoms with Gasteiger partial charge in [0.25, 0.3) is 0 Å². The van der Waals surface area contributed by atoms with E-state index in [9.17, 15) is 4.79 Å². The summed E-state index contributed by atoms with van der Waals surface area (Å²) in [7, 11) is 0. The second-order valence-electron chi connectivity index (χ2n) is 3.31. The molecule has 0 amide bonds. The van der Waals surface area contributed by atoms with Crippen molar-refractivity contribution in [3.05, 3.63) is 29.8 Å². The van der Waals surface area contributed by atoms with Gasteiger partial charge in [0, 0.05) is 5.56 Å². The second kappa shape index (κ2) is 6.03. The Hall–Kier alpha value is -1.55. The maximum absolute atomic E-state index is 9.94. The zero-order chi connectivity index (χ0) is 11.1. The summed E-state index contributed by atoms with van der Waals surface area (Å²) in [6, 6.07) is 7.61. The maximum atomic E-state index is 9.94. The van der Waals surface area contributed by atoms with Gasteiger partial charge in [-0.15, -0.1) is 5.48 Å². The van der Waals surface area contributed by atoms with Gasteiger partial charge in [0.1, 0.15) is 5.75 Å². The van der Waals surface area contributed by atoms with Gasteiger partial charge in [-0.25, -0.2) is 0 Å². The SMILES string of the molecule is CC(C)Oc1ccccc1CNOC=O. The molecule has 4 heteroatoms. The standard InChI is InChI=1S/C11H15NO3/c1-9(2)15-11-6-4-3-5-10(11)7-12-14-8-13/h3-6,8-9,12H,7H2,1-2H3. The summed E-state index contributed by atoms with van der Waals surface area (Å²) in [5, 5.41) is 0. The third kappa shape index (κ3) is 3.99. The van der Waals surface area contributed by atoms with Crippen LogP contribution in [0.25, 0.3) is 0 Å². The molecule has 15 heavy (non-hydrogen) atoms. The van der Waals surface area contributed by atoms with Crippen LogP contribution in [-0.2, 0) is 16.2 Å². The minimum absolute atomic E-state index is 0.123. The van der Waals surface area contributed by atoms with E-state index >= 15 is 0 Å². The van der Waals surface area contributed by atoms with Gasteiger partial charge >= 0.3 is 6.47 Å². The van der Waals surface area contributed by atoms with Crippen molar-refractivity contribution in [2.24, 2.45) is 0 Å². The fourth-order valence-electron chi connectivity index (χ4n) is 1.17. The molecule has 1 rings (SSSR count). The van der Waals surface area contributed by atoms with E-state index in [1.54, 1.807) is 0 Å². The molecular weight excluding hydrogens is 194 g/mol. The number of carbonyl (C=O) groups excluding carboxylic acids is 1. The van der Waals surface area contributed by atoms with Crippen LogP contribution in [0.3, 0.4) is 0 Å². The van der Waals surface area contributed by atoms with Crippen molar-refractivity contribution in [2.45, 2.75) is 26.5 Å². The Morgan fingerprint density at radius 3 is 2.80 bits per heavy atom. The monoisotopic (exact) mass is 209 g/mol. The lowest BCUT2D eigenvalue weighted by Gasteiger charge is -2.13. The van der Waals surface area contributed by atoms with Gasteiger partial charge < -0.3 is 9.57 Å². The molecule has 0 aromatic heterocycles. The molecule has 0 heterocycles. The Morgan fingerprint density at radius 2 is 2.13 bits per heavy atom. The summed E-state index contributed by atoms with van der Waals surface area (Å²) in [6.07, 6.45) is 0.123. The quantitative estimate of drug-likeness (QED) is 0.439. The van der Waals surface area contributed by atoms with Crippen LogP contribution in [0, 0.1) is 0 Å². The predicted molar refractivity (Wildman–Crippen MR) is 56.2 cm³/mol. The number of rotatable bonds is 6. The molecule has 0 unspecified atom stereocenters.